The number of carbonyl (C=O) groups excluding carboxylic acids is 2. The lowest BCUT2D eigenvalue weighted by atomic mass is 10.1. The monoisotopic (exact) mass is 347 g/mol. The molecule has 1 atom stereocenters. The van der Waals surface area contributed by atoms with Gasteiger partial charge in [-0.25, -0.2) is 4.79 Å². The summed E-state index contributed by atoms with van der Waals surface area (Å²) in [5.41, 5.74) is 1.18. The molecule has 6 heteroatoms. The van der Waals surface area contributed by atoms with Crippen molar-refractivity contribution in [2.45, 2.75) is 13.0 Å². The van der Waals surface area contributed by atoms with Crippen molar-refractivity contribution in [3.63, 3.8) is 0 Å². The van der Waals surface area contributed by atoms with Gasteiger partial charge in [-0.3, -0.25) is 4.79 Å². The van der Waals surface area contributed by atoms with Crippen molar-refractivity contribution < 1.29 is 19.1 Å². The molecule has 1 N–H and O–H groups in total. The van der Waals surface area contributed by atoms with Gasteiger partial charge < -0.3 is 14.8 Å². The Hall–Kier alpha value is -2.53. The SMILES string of the molecule is COc1cc(Cl)ccc1C(=O)OCC(=O)NC(C)c1ccccc1. The summed E-state index contributed by atoms with van der Waals surface area (Å²) in [6.45, 7) is 1.49. The maximum Gasteiger partial charge on any atom is 0.342 e. The highest BCUT2D eigenvalue weighted by atomic mass is 35.5. The third-order valence-electron chi connectivity index (χ3n) is 3.39. The van der Waals surface area contributed by atoms with Crippen molar-refractivity contribution in [2.24, 2.45) is 0 Å². The van der Waals surface area contributed by atoms with Crippen LogP contribution in [-0.4, -0.2) is 25.6 Å². The Bertz CT molecular complexity index is 718. The summed E-state index contributed by atoms with van der Waals surface area (Å²) < 4.78 is 10.1. The lowest BCUT2D eigenvalue weighted by Gasteiger charge is -2.14. The van der Waals surface area contributed by atoms with Crippen LogP contribution < -0.4 is 10.1 Å². The molecule has 0 aliphatic carbocycles. The Labute approximate surface area is 145 Å². The van der Waals surface area contributed by atoms with Gasteiger partial charge in [0, 0.05) is 5.02 Å². The van der Waals surface area contributed by atoms with Crippen molar-refractivity contribution in [3.05, 3.63) is 64.7 Å². The number of methoxy groups -OCH3 is 1. The van der Waals surface area contributed by atoms with Crippen LogP contribution in [0.15, 0.2) is 48.5 Å². The molecule has 2 aromatic carbocycles. The molecule has 0 fully saturated rings. The number of ether oxygens (including phenoxy) is 2. The first kappa shape index (κ1) is 17.8. The van der Waals surface area contributed by atoms with Crippen molar-refractivity contribution in [1.29, 1.82) is 0 Å². The van der Waals surface area contributed by atoms with E-state index in [-0.39, 0.29) is 24.1 Å². The summed E-state index contributed by atoms with van der Waals surface area (Å²) >= 11 is 5.85. The first-order valence-corrected chi connectivity index (χ1v) is 7.74. The zero-order valence-corrected chi connectivity index (χ0v) is 14.2. The summed E-state index contributed by atoms with van der Waals surface area (Å²) in [6, 6.07) is 13.9. The van der Waals surface area contributed by atoms with Crippen LogP contribution in [0.5, 0.6) is 5.75 Å². The third kappa shape index (κ3) is 4.73. The largest absolute Gasteiger partial charge is 0.496 e. The first-order valence-electron chi connectivity index (χ1n) is 7.36. The third-order valence-corrected chi connectivity index (χ3v) is 3.63. The van der Waals surface area contributed by atoms with Gasteiger partial charge in [0.15, 0.2) is 6.61 Å². The van der Waals surface area contributed by atoms with Crippen LogP contribution in [0.25, 0.3) is 0 Å². The van der Waals surface area contributed by atoms with Crippen LogP contribution in [-0.2, 0) is 9.53 Å². The van der Waals surface area contributed by atoms with Crippen LogP contribution in [0.1, 0.15) is 28.9 Å². The molecule has 0 radical (unpaired) electrons. The molecule has 2 rings (SSSR count). The van der Waals surface area contributed by atoms with Gasteiger partial charge in [-0.15, -0.1) is 0 Å². The number of hydrogen-bond acceptors (Lipinski definition) is 4. The number of halogens is 1. The molecular weight excluding hydrogens is 330 g/mol. The predicted octanol–water partition coefficient (Wildman–Crippen LogP) is 3.38. The number of hydrogen-bond donors (Lipinski definition) is 1. The van der Waals surface area contributed by atoms with E-state index in [0.29, 0.717) is 10.8 Å². The second-order valence-electron chi connectivity index (χ2n) is 5.12. The molecular formula is C18H18ClNO4. The van der Waals surface area contributed by atoms with Crippen molar-refractivity contribution in [2.75, 3.05) is 13.7 Å². The van der Waals surface area contributed by atoms with Gasteiger partial charge in [0.25, 0.3) is 5.91 Å². The highest BCUT2D eigenvalue weighted by Gasteiger charge is 2.16. The fourth-order valence-electron chi connectivity index (χ4n) is 2.15. The summed E-state index contributed by atoms with van der Waals surface area (Å²) in [4.78, 5) is 24.0. The fraction of sp³-hybridized carbons (Fsp3) is 0.222. The molecule has 0 spiro atoms. The Kier molecular flexibility index (Phi) is 6.21. The van der Waals surface area contributed by atoms with Crippen molar-refractivity contribution >= 4 is 23.5 Å². The molecule has 0 heterocycles. The first-order chi connectivity index (χ1) is 11.5. The van der Waals surface area contributed by atoms with E-state index in [4.69, 9.17) is 21.1 Å². The van der Waals surface area contributed by atoms with Gasteiger partial charge in [-0.2, -0.15) is 0 Å². The van der Waals surface area contributed by atoms with Gasteiger partial charge in [0.05, 0.1) is 13.2 Å². The quantitative estimate of drug-likeness (QED) is 0.813. The van der Waals surface area contributed by atoms with Crippen LogP contribution in [0.2, 0.25) is 5.02 Å². The minimum absolute atomic E-state index is 0.178. The average Bonchev–Trinajstić information content (AvgIpc) is 2.60. The lowest BCUT2D eigenvalue weighted by molar-refractivity contribution is -0.124. The van der Waals surface area contributed by atoms with Gasteiger partial charge in [0.2, 0.25) is 0 Å². The van der Waals surface area contributed by atoms with E-state index in [9.17, 15) is 9.59 Å². The van der Waals surface area contributed by atoms with Gasteiger partial charge in [0.1, 0.15) is 11.3 Å². The molecule has 0 saturated carbocycles. The summed E-state index contributed by atoms with van der Waals surface area (Å²) in [5.74, 6) is -0.732. The molecule has 0 aromatic heterocycles. The van der Waals surface area contributed by atoms with Gasteiger partial charge in [-0.05, 0) is 30.7 Å². The molecule has 1 amide bonds. The van der Waals surface area contributed by atoms with Crippen LogP contribution in [0.3, 0.4) is 0 Å². The topological polar surface area (TPSA) is 64.6 Å². The van der Waals surface area contributed by atoms with Crippen molar-refractivity contribution in [3.8, 4) is 5.75 Å². The zero-order chi connectivity index (χ0) is 17.5. The summed E-state index contributed by atoms with van der Waals surface area (Å²) in [6.07, 6.45) is 0. The second-order valence-corrected chi connectivity index (χ2v) is 5.56. The molecule has 126 valence electrons. The molecule has 0 aliphatic rings. The van der Waals surface area contributed by atoms with Crippen LogP contribution >= 0.6 is 11.6 Å². The molecule has 0 aliphatic heterocycles. The molecule has 24 heavy (non-hydrogen) atoms. The standard InChI is InChI=1S/C18H18ClNO4/c1-12(13-6-4-3-5-7-13)20-17(21)11-24-18(22)15-9-8-14(19)10-16(15)23-2/h3-10,12H,11H2,1-2H3,(H,20,21). The normalized spacial score (nSPS) is 11.5. The minimum Gasteiger partial charge on any atom is -0.496 e. The van der Waals surface area contributed by atoms with E-state index < -0.39 is 5.97 Å². The highest BCUT2D eigenvalue weighted by Crippen LogP contribution is 2.23. The Morgan fingerprint density at radius 2 is 1.88 bits per heavy atom. The molecule has 2 aromatic rings. The summed E-state index contributed by atoms with van der Waals surface area (Å²) in [7, 11) is 1.43. The molecule has 0 bridgehead atoms. The molecule has 5 nitrogen and oxygen atoms in total. The summed E-state index contributed by atoms with van der Waals surface area (Å²) in [5, 5.41) is 3.21. The maximum absolute atomic E-state index is 12.1. The van der Waals surface area contributed by atoms with Gasteiger partial charge >= 0.3 is 5.97 Å². The van der Waals surface area contributed by atoms with E-state index in [1.807, 2.05) is 37.3 Å². The van der Waals surface area contributed by atoms with Gasteiger partial charge in [-0.1, -0.05) is 41.9 Å². The minimum atomic E-state index is -0.647. The predicted molar refractivity (Wildman–Crippen MR) is 91.3 cm³/mol. The number of rotatable bonds is 6. The molecule has 1 unspecified atom stereocenters. The zero-order valence-electron chi connectivity index (χ0n) is 13.4. The smallest absolute Gasteiger partial charge is 0.342 e. The highest BCUT2D eigenvalue weighted by molar-refractivity contribution is 6.30. The second kappa shape index (κ2) is 8.36. The number of benzene rings is 2. The Morgan fingerprint density at radius 3 is 2.54 bits per heavy atom. The van der Waals surface area contributed by atoms with Crippen LogP contribution in [0, 0.1) is 0 Å². The van der Waals surface area contributed by atoms with E-state index in [2.05, 4.69) is 5.32 Å². The number of nitrogens with one attached hydrogen (secondary N) is 1. The number of carbonyl (C=O) groups is 2. The number of amides is 1. The van der Waals surface area contributed by atoms with E-state index in [1.165, 1.54) is 19.2 Å². The van der Waals surface area contributed by atoms with Crippen molar-refractivity contribution in [1.82, 2.24) is 5.32 Å². The lowest BCUT2D eigenvalue weighted by Crippen LogP contribution is -2.31. The maximum atomic E-state index is 12.1. The van der Waals surface area contributed by atoms with E-state index in [1.54, 1.807) is 6.07 Å². The Balaban J connectivity index is 1.91. The number of esters is 1. The molecule has 0 saturated heterocycles. The fourth-order valence-corrected chi connectivity index (χ4v) is 2.31. The Morgan fingerprint density at radius 1 is 1.17 bits per heavy atom. The van der Waals surface area contributed by atoms with Crippen LogP contribution in [0.4, 0.5) is 0 Å². The van der Waals surface area contributed by atoms with E-state index >= 15 is 0 Å². The average molecular weight is 348 g/mol. The van der Waals surface area contributed by atoms with E-state index in [0.717, 1.165) is 5.56 Å².